The Labute approximate surface area is 177 Å². The Bertz CT molecular complexity index is 1010. The van der Waals surface area contributed by atoms with Crippen LogP contribution in [0.4, 0.5) is 11.4 Å². The first kappa shape index (κ1) is 20.9. The quantitative estimate of drug-likeness (QED) is 0.513. The van der Waals surface area contributed by atoms with Crippen molar-refractivity contribution < 1.29 is 9.59 Å². The maximum absolute atomic E-state index is 12.7. The Hall–Kier alpha value is -3.78. The van der Waals surface area contributed by atoms with Crippen LogP contribution in [0.5, 0.6) is 0 Å². The van der Waals surface area contributed by atoms with Crippen molar-refractivity contribution in [2.45, 2.75) is 26.8 Å². The van der Waals surface area contributed by atoms with Crippen LogP contribution in [0.25, 0.3) is 11.1 Å². The van der Waals surface area contributed by atoms with Gasteiger partial charge in [-0.1, -0.05) is 50.2 Å². The molecule has 0 aliphatic rings. The predicted octanol–water partition coefficient (Wildman–Crippen LogP) is 4.45. The first-order valence-corrected chi connectivity index (χ1v) is 9.87. The largest absolute Gasteiger partial charge is 0.397 e. The number of nitrogens with one attached hydrogen (secondary N) is 2. The lowest BCUT2D eigenvalue weighted by Crippen LogP contribution is -2.23. The van der Waals surface area contributed by atoms with Gasteiger partial charge in [0.2, 0.25) is 5.91 Å². The van der Waals surface area contributed by atoms with Gasteiger partial charge >= 0.3 is 0 Å². The predicted molar refractivity (Wildman–Crippen MR) is 120 cm³/mol. The zero-order chi connectivity index (χ0) is 21.5. The lowest BCUT2D eigenvalue weighted by molar-refractivity contribution is -0.121. The van der Waals surface area contributed by atoms with Crippen molar-refractivity contribution in [3.05, 3.63) is 83.9 Å². The van der Waals surface area contributed by atoms with Crippen molar-refractivity contribution >= 4 is 23.2 Å². The maximum Gasteiger partial charge on any atom is 0.255 e. The molecule has 3 aromatic carbocycles. The zero-order valence-electron chi connectivity index (χ0n) is 17.2. The molecule has 152 valence electrons. The molecule has 0 aromatic heterocycles. The summed E-state index contributed by atoms with van der Waals surface area (Å²) in [5, 5.41) is 5.76. The Morgan fingerprint density at radius 3 is 2.50 bits per heavy atom. The second-order valence-corrected chi connectivity index (χ2v) is 7.54. The number of benzene rings is 2. The number of nitrogen functional groups attached to an aromatic ring is 1. The molecule has 0 fully saturated rings. The molecule has 0 aliphatic carbocycles. The van der Waals surface area contributed by atoms with Crippen molar-refractivity contribution in [2.75, 3.05) is 11.1 Å². The normalized spacial score (nSPS) is 10.4. The Morgan fingerprint density at radius 2 is 1.83 bits per heavy atom. The van der Waals surface area contributed by atoms with Crippen molar-refractivity contribution in [3.63, 3.8) is 0 Å². The van der Waals surface area contributed by atoms with E-state index in [0.717, 1.165) is 16.7 Å². The first-order valence-electron chi connectivity index (χ1n) is 9.87. The summed E-state index contributed by atoms with van der Waals surface area (Å²) in [6, 6.07) is 24.2. The number of carbonyl (C=O) groups excluding carboxylic acids is 2. The molecule has 0 atom stereocenters. The summed E-state index contributed by atoms with van der Waals surface area (Å²) in [6.45, 7) is 4.45. The van der Waals surface area contributed by atoms with Gasteiger partial charge < -0.3 is 16.4 Å². The van der Waals surface area contributed by atoms with Crippen LogP contribution >= 0.6 is 0 Å². The molecule has 3 aromatic rings. The van der Waals surface area contributed by atoms with E-state index in [1.165, 1.54) is 0 Å². The van der Waals surface area contributed by atoms with Crippen molar-refractivity contribution in [1.82, 2.24) is 5.32 Å². The van der Waals surface area contributed by atoms with Gasteiger partial charge in [0, 0.05) is 24.1 Å². The van der Waals surface area contributed by atoms with E-state index in [0.29, 0.717) is 35.8 Å². The summed E-state index contributed by atoms with van der Waals surface area (Å²) < 4.78 is 0. The van der Waals surface area contributed by atoms with E-state index in [1.54, 1.807) is 24.3 Å². The lowest BCUT2D eigenvalue weighted by atomic mass is 10.1. The van der Waals surface area contributed by atoms with Gasteiger partial charge in [0.25, 0.3) is 5.91 Å². The average Bonchev–Trinajstić information content (AvgIpc) is 2.74. The van der Waals surface area contributed by atoms with Crippen LogP contribution in [0.15, 0.2) is 60.7 Å². The van der Waals surface area contributed by atoms with E-state index in [-0.39, 0.29) is 11.8 Å². The Morgan fingerprint density at radius 1 is 1.07 bits per heavy atom. The molecule has 2 amide bonds. The number of carbonyl (C=O) groups is 2. The third-order valence-electron chi connectivity index (χ3n) is 4.56. The molecule has 0 saturated carbocycles. The minimum absolute atomic E-state index is 0.0236. The van der Waals surface area contributed by atoms with E-state index >= 15 is 0 Å². The molecule has 0 saturated heterocycles. The van der Waals surface area contributed by atoms with Gasteiger partial charge in [-0.05, 0) is 53.4 Å². The molecular weight excluding hydrogens is 374 g/mol. The van der Waals surface area contributed by atoms with Crippen LogP contribution in [0.3, 0.4) is 0 Å². The van der Waals surface area contributed by atoms with Crippen molar-refractivity contribution in [1.29, 1.82) is 0 Å². The molecule has 30 heavy (non-hydrogen) atoms. The van der Waals surface area contributed by atoms with Crippen LogP contribution in [0, 0.1) is 18.1 Å². The Balaban J connectivity index is 1.65. The van der Waals surface area contributed by atoms with E-state index in [1.807, 2.05) is 50.2 Å². The summed E-state index contributed by atoms with van der Waals surface area (Å²) in [4.78, 5) is 24.4. The molecule has 0 radical (unpaired) electrons. The lowest BCUT2D eigenvalue weighted by Gasteiger charge is -2.11. The SMILES string of the molecule is CC(C)CC(=O)NCc1ccc(C(=O)Nc2cc(-c3c#cccc3)ccc2N)cc1. The fourth-order valence-corrected chi connectivity index (χ4v) is 2.97. The molecule has 0 aliphatic heterocycles. The van der Waals surface area contributed by atoms with Gasteiger partial charge in [-0.15, -0.1) is 0 Å². The summed E-state index contributed by atoms with van der Waals surface area (Å²) in [5.41, 5.74) is 10.3. The molecule has 4 N–H and O–H groups in total. The van der Waals surface area contributed by atoms with Crippen LogP contribution in [-0.4, -0.2) is 11.8 Å². The number of anilines is 2. The standard InChI is InChI=1S/C25H25N3O2/c1-17(2)14-24(29)27-16-18-8-10-20(11-9-18)25(30)28-23-15-21(12-13-22(23)26)19-6-4-3-5-7-19/h3-4,6,8-13,15,17H,14,16,26H2,1-2H3,(H,27,29)(H,28,30). The molecule has 0 unspecified atom stereocenters. The summed E-state index contributed by atoms with van der Waals surface area (Å²) >= 11 is 0. The number of amides is 2. The van der Waals surface area contributed by atoms with Crippen LogP contribution in [0.1, 0.15) is 36.2 Å². The number of hydrogen-bond acceptors (Lipinski definition) is 3. The highest BCUT2D eigenvalue weighted by Gasteiger charge is 2.10. The fraction of sp³-hybridized carbons (Fsp3) is 0.200. The van der Waals surface area contributed by atoms with Gasteiger partial charge in [-0.2, -0.15) is 0 Å². The third kappa shape index (κ3) is 5.62. The zero-order valence-corrected chi connectivity index (χ0v) is 17.2. The molecule has 0 heterocycles. The van der Waals surface area contributed by atoms with E-state index in [4.69, 9.17) is 5.73 Å². The fourth-order valence-electron chi connectivity index (χ4n) is 2.97. The van der Waals surface area contributed by atoms with Crippen LogP contribution in [-0.2, 0) is 11.3 Å². The highest BCUT2D eigenvalue weighted by Crippen LogP contribution is 2.26. The topological polar surface area (TPSA) is 84.2 Å². The monoisotopic (exact) mass is 399 g/mol. The minimum atomic E-state index is -0.252. The maximum atomic E-state index is 12.7. The second kappa shape index (κ2) is 9.62. The van der Waals surface area contributed by atoms with Crippen molar-refractivity contribution in [2.24, 2.45) is 5.92 Å². The molecule has 0 bridgehead atoms. The van der Waals surface area contributed by atoms with Crippen LogP contribution < -0.4 is 16.4 Å². The van der Waals surface area contributed by atoms with Crippen molar-refractivity contribution in [3.8, 4) is 11.1 Å². The van der Waals surface area contributed by atoms with Gasteiger partial charge in [-0.25, -0.2) is 0 Å². The van der Waals surface area contributed by atoms with Gasteiger partial charge in [0.15, 0.2) is 0 Å². The number of hydrogen-bond donors (Lipinski definition) is 3. The molecule has 3 rings (SSSR count). The summed E-state index contributed by atoms with van der Waals surface area (Å²) in [6.07, 6.45) is 0.500. The number of rotatable bonds is 7. The van der Waals surface area contributed by atoms with Gasteiger partial charge in [0.05, 0.1) is 11.4 Å². The van der Waals surface area contributed by atoms with E-state index in [2.05, 4.69) is 22.8 Å². The van der Waals surface area contributed by atoms with Gasteiger partial charge in [0.1, 0.15) is 0 Å². The third-order valence-corrected chi connectivity index (χ3v) is 4.56. The highest BCUT2D eigenvalue weighted by molar-refractivity contribution is 6.06. The first-order chi connectivity index (χ1) is 14.4. The highest BCUT2D eigenvalue weighted by atomic mass is 16.2. The molecule has 5 heteroatoms. The Kier molecular flexibility index (Phi) is 6.71. The molecular formula is C25H25N3O2. The van der Waals surface area contributed by atoms with Crippen LogP contribution in [0.2, 0.25) is 0 Å². The van der Waals surface area contributed by atoms with E-state index in [9.17, 15) is 9.59 Å². The summed E-state index contributed by atoms with van der Waals surface area (Å²) in [7, 11) is 0. The average molecular weight is 399 g/mol. The molecule has 0 spiro atoms. The second-order valence-electron chi connectivity index (χ2n) is 7.54. The van der Waals surface area contributed by atoms with Gasteiger partial charge in [-0.3, -0.25) is 9.59 Å². The van der Waals surface area contributed by atoms with E-state index < -0.39 is 0 Å². The summed E-state index contributed by atoms with van der Waals surface area (Å²) in [5.74, 6) is 0.0909. The minimum Gasteiger partial charge on any atom is -0.397 e. The smallest absolute Gasteiger partial charge is 0.255 e. The molecule has 5 nitrogen and oxygen atoms in total. The number of nitrogens with two attached hydrogens (primary N) is 1.